The number of nitrogens with two attached hydrogens (primary N) is 1. The van der Waals surface area contributed by atoms with Crippen molar-refractivity contribution in [1.82, 2.24) is 0 Å². The second kappa shape index (κ2) is 6.55. The van der Waals surface area contributed by atoms with Crippen molar-refractivity contribution in [3.8, 4) is 0 Å². The Bertz CT molecular complexity index is 283. The number of carbonyl (C=O) groups is 1. The van der Waals surface area contributed by atoms with Gasteiger partial charge in [0.25, 0.3) is 0 Å². The van der Waals surface area contributed by atoms with Crippen molar-refractivity contribution in [2.45, 2.75) is 19.1 Å². The summed E-state index contributed by atoms with van der Waals surface area (Å²) in [6, 6.07) is 3.85. The standard InChI is InChI=1S/C10H15NO3S/c1-13-8(6-11)5-10(12)14-7-9-3-2-4-15-9/h2-4,8H,5-7,11H2,1H3. The molecule has 1 unspecified atom stereocenters. The zero-order valence-electron chi connectivity index (χ0n) is 8.64. The van der Waals surface area contributed by atoms with Crippen LogP contribution in [0, 0.1) is 0 Å². The molecular weight excluding hydrogens is 214 g/mol. The summed E-state index contributed by atoms with van der Waals surface area (Å²) in [5, 5.41) is 1.95. The fourth-order valence-corrected chi connectivity index (χ4v) is 1.67. The normalized spacial score (nSPS) is 12.4. The van der Waals surface area contributed by atoms with Crippen LogP contribution in [0.5, 0.6) is 0 Å². The van der Waals surface area contributed by atoms with Gasteiger partial charge in [-0.05, 0) is 11.4 Å². The predicted octanol–water partition coefficient (Wildman–Crippen LogP) is 1.16. The van der Waals surface area contributed by atoms with Crippen LogP contribution in [-0.2, 0) is 20.9 Å². The van der Waals surface area contributed by atoms with E-state index in [2.05, 4.69) is 0 Å². The molecule has 0 fully saturated rings. The van der Waals surface area contributed by atoms with Gasteiger partial charge in [-0.1, -0.05) is 6.07 Å². The van der Waals surface area contributed by atoms with Gasteiger partial charge in [0.05, 0.1) is 12.5 Å². The SMILES string of the molecule is COC(CN)CC(=O)OCc1cccs1. The molecule has 1 aromatic heterocycles. The van der Waals surface area contributed by atoms with E-state index in [1.54, 1.807) is 11.3 Å². The first-order chi connectivity index (χ1) is 7.26. The van der Waals surface area contributed by atoms with Crippen molar-refractivity contribution in [2.75, 3.05) is 13.7 Å². The summed E-state index contributed by atoms with van der Waals surface area (Å²) in [5.74, 6) is -0.277. The highest BCUT2D eigenvalue weighted by molar-refractivity contribution is 7.09. The second-order valence-electron chi connectivity index (χ2n) is 3.04. The molecule has 0 saturated heterocycles. The minimum atomic E-state index is -0.277. The quantitative estimate of drug-likeness (QED) is 0.743. The molecule has 1 aromatic rings. The smallest absolute Gasteiger partial charge is 0.308 e. The van der Waals surface area contributed by atoms with Gasteiger partial charge in [-0.3, -0.25) is 4.79 Å². The van der Waals surface area contributed by atoms with Gasteiger partial charge < -0.3 is 15.2 Å². The molecule has 0 aliphatic carbocycles. The lowest BCUT2D eigenvalue weighted by Crippen LogP contribution is -2.26. The minimum Gasteiger partial charge on any atom is -0.460 e. The van der Waals surface area contributed by atoms with Crippen LogP contribution in [0.25, 0.3) is 0 Å². The molecule has 84 valence electrons. The summed E-state index contributed by atoms with van der Waals surface area (Å²) in [5.41, 5.74) is 5.39. The zero-order chi connectivity index (χ0) is 11.1. The first kappa shape index (κ1) is 12.2. The number of ether oxygens (including phenoxy) is 2. The summed E-state index contributed by atoms with van der Waals surface area (Å²) in [6.45, 7) is 0.655. The average molecular weight is 229 g/mol. The maximum absolute atomic E-state index is 11.3. The van der Waals surface area contributed by atoms with Crippen LogP contribution in [0.15, 0.2) is 17.5 Å². The van der Waals surface area contributed by atoms with Crippen molar-refractivity contribution >= 4 is 17.3 Å². The van der Waals surface area contributed by atoms with E-state index in [4.69, 9.17) is 15.2 Å². The Balaban J connectivity index is 2.24. The molecule has 5 heteroatoms. The fourth-order valence-electron chi connectivity index (χ4n) is 1.05. The Morgan fingerprint density at radius 3 is 3.00 bits per heavy atom. The molecule has 1 rings (SSSR count). The van der Waals surface area contributed by atoms with Gasteiger partial charge in [0, 0.05) is 18.5 Å². The molecule has 0 radical (unpaired) electrons. The molecule has 1 atom stereocenters. The van der Waals surface area contributed by atoms with Crippen molar-refractivity contribution in [1.29, 1.82) is 0 Å². The number of hydrogen-bond acceptors (Lipinski definition) is 5. The molecule has 0 aromatic carbocycles. The van der Waals surface area contributed by atoms with Gasteiger partial charge in [-0.15, -0.1) is 11.3 Å². The number of hydrogen-bond donors (Lipinski definition) is 1. The summed E-state index contributed by atoms with van der Waals surface area (Å²) in [7, 11) is 1.53. The first-order valence-corrected chi connectivity index (χ1v) is 5.55. The minimum absolute atomic E-state index is 0.207. The molecule has 0 bridgehead atoms. The third-order valence-corrected chi connectivity index (χ3v) is 2.80. The maximum atomic E-state index is 11.3. The Labute approximate surface area is 93.0 Å². The van der Waals surface area contributed by atoms with Crippen molar-refractivity contribution in [2.24, 2.45) is 5.73 Å². The van der Waals surface area contributed by atoms with E-state index < -0.39 is 0 Å². The van der Waals surface area contributed by atoms with Crippen LogP contribution in [0.1, 0.15) is 11.3 Å². The molecule has 1 heterocycles. The fraction of sp³-hybridized carbons (Fsp3) is 0.500. The topological polar surface area (TPSA) is 61.5 Å². The van der Waals surface area contributed by atoms with Gasteiger partial charge in [-0.25, -0.2) is 0 Å². The van der Waals surface area contributed by atoms with Gasteiger partial charge in [0.15, 0.2) is 0 Å². The molecular formula is C10H15NO3S. The Morgan fingerprint density at radius 1 is 1.67 bits per heavy atom. The van der Waals surface area contributed by atoms with Gasteiger partial charge >= 0.3 is 5.97 Å². The lowest BCUT2D eigenvalue weighted by atomic mass is 10.2. The van der Waals surface area contributed by atoms with Gasteiger partial charge in [0.2, 0.25) is 0 Å². The van der Waals surface area contributed by atoms with Crippen molar-refractivity contribution < 1.29 is 14.3 Å². The van der Waals surface area contributed by atoms with E-state index >= 15 is 0 Å². The molecule has 0 saturated carbocycles. The van der Waals surface area contributed by atoms with E-state index in [0.717, 1.165) is 4.88 Å². The molecule has 0 aliphatic rings. The average Bonchev–Trinajstić information content (AvgIpc) is 2.75. The third kappa shape index (κ3) is 4.42. The highest BCUT2D eigenvalue weighted by Crippen LogP contribution is 2.10. The first-order valence-electron chi connectivity index (χ1n) is 4.67. The van der Waals surface area contributed by atoms with Crippen LogP contribution in [0.4, 0.5) is 0 Å². The Hall–Kier alpha value is -0.910. The van der Waals surface area contributed by atoms with E-state index in [1.807, 2.05) is 17.5 Å². The van der Waals surface area contributed by atoms with Crippen LogP contribution >= 0.6 is 11.3 Å². The predicted molar refractivity (Wildman–Crippen MR) is 58.6 cm³/mol. The van der Waals surface area contributed by atoms with E-state index in [0.29, 0.717) is 13.2 Å². The second-order valence-corrected chi connectivity index (χ2v) is 4.07. The van der Waals surface area contributed by atoms with Crippen LogP contribution in [-0.4, -0.2) is 25.7 Å². The zero-order valence-corrected chi connectivity index (χ0v) is 9.46. The molecule has 0 spiro atoms. The largest absolute Gasteiger partial charge is 0.460 e. The number of carbonyl (C=O) groups excluding carboxylic acids is 1. The van der Waals surface area contributed by atoms with Gasteiger partial charge in [0.1, 0.15) is 6.61 Å². The molecule has 15 heavy (non-hydrogen) atoms. The highest BCUT2D eigenvalue weighted by Gasteiger charge is 2.12. The summed E-state index contributed by atoms with van der Waals surface area (Å²) in [4.78, 5) is 12.3. The number of rotatable bonds is 6. The van der Waals surface area contributed by atoms with Crippen LogP contribution < -0.4 is 5.73 Å². The molecule has 0 amide bonds. The molecule has 4 nitrogen and oxygen atoms in total. The maximum Gasteiger partial charge on any atom is 0.308 e. The van der Waals surface area contributed by atoms with Gasteiger partial charge in [-0.2, -0.15) is 0 Å². The summed E-state index contributed by atoms with van der Waals surface area (Å²) < 4.78 is 10.0. The van der Waals surface area contributed by atoms with E-state index in [9.17, 15) is 4.79 Å². The highest BCUT2D eigenvalue weighted by atomic mass is 32.1. The lowest BCUT2D eigenvalue weighted by molar-refractivity contribution is -0.147. The van der Waals surface area contributed by atoms with E-state index in [1.165, 1.54) is 7.11 Å². The lowest BCUT2D eigenvalue weighted by Gasteiger charge is -2.11. The number of methoxy groups -OCH3 is 1. The number of thiophene rings is 1. The Morgan fingerprint density at radius 2 is 2.47 bits per heavy atom. The summed E-state index contributed by atoms with van der Waals surface area (Å²) >= 11 is 1.56. The molecule has 2 N–H and O–H groups in total. The van der Waals surface area contributed by atoms with Crippen molar-refractivity contribution in [3.63, 3.8) is 0 Å². The summed E-state index contributed by atoms with van der Waals surface area (Å²) in [6.07, 6.45) is -0.0425. The monoisotopic (exact) mass is 229 g/mol. The third-order valence-electron chi connectivity index (χ3n) is 1.95. The molecule has 0 aliphatic heterocycles. The van der Waals surface area contributed by atoms with Crippen molar-refractivity contribution in [3.05, 3.63) is 22.4 Å². The van der Waals surface area contributed by atoms with E-state index in [-0.39, 0.29) is 18.5 Å². The number of esters is 1. The van der Waals surface area contributed by atoms with Crippen LogP contribution in [0.2, 0.25) is 0 Å². The van der Waals surface area contributed by atoms with Crippen LogP contribution in [0.3, 0.4) is 0 Å². The Kier molecular flexibility index (Phi) is 5.31.